The van der Waals surface area contributed by atoms with Crippen molar-refractivity contribution in [1.82, 2.24) is 20.3 Å². The third-order valence-electron chi connectivity index (χ3n) is 6.42. The first kappa shape index (κ1) is 33.1. The maximum absolute atomic E-state index is 14.2. The fourth-order valence-electron chi connectivity index (χ4n) is 4.08. The van der Waals surface area contributed by atoms with Crippen LogP contribution in [0, 0.1) is 5.82 Å². The molecule has 0 saturated carbocycles. The summed E-state index contributed by atoms with van der Waals surface area (Å²) in [5.74, 6) is 1.24. The van der Waals surface area contributed by atoms with Gasteiger partial charge in [0.25, 0.3) is 0 Å². The summed E-state index contributed by atoms with van der Waals surface area (Å²) >= 11 is 0. The molecule has 0 aliphatic rings. The maximum atomic E-state index is 14.2. The van der Waals surface area contributed by atoms with E-state index in [-0.39, 0.29) is 36.6 Å². The minimum absolute atomic E-state index is 0.102. The zero-order chi connectivity index (χ0) is 31.7. The van der Waals surface area contributed by atoms with Gasteiger partial charge in [-0.3, -0.25) is 4.79 Å². The van der Waals surface area contributed by atoms with Crippen molar-refractivity contribution in [3.8, 4) is 5.75 Å². The Morgan fingerprint density at radius 1 is 0.778 bits per heavy atom. The molecule has 0 unspecified atom stereocenters. The zero-order valence-corrected chi connectivity index (χ0v) is 25.2. The van der Waals surface area contributed by atoms with Crippen molar-refractivity contribution in [3.63, 3.8) is 0 Å². The summed E-state index contributed by atoms with van der Waals surface area (Å²) in [6, 6.07) is 21.6. The number of hydrogen-bond donors (Lipinski definition) is 5. The minimum Gasteiger partial charge on any atom is -0.497 e. The summed E-state index contributed by atoms with van der Waals surface area (Å²) in [7, 11) is 1.62. The molecule has 1 amide bonds. The van der Waals surface area contributed by atoms with E-state index in [1.165, 1.54) is 6.07 Å². The number of amides is 1. The van der Waals surface area contributed by atoms with Gasteiger partial charge in [-0.1, -0.05) is 42.5 Å². The van der Waals surface area contributed by atoms with Crippen molar-refractivity contribution in [2.75, 3.05) is 62.6 Å². The van der Waals surface area contributed by atoms with Crippen LogP contribution in [0.2, 0.25) is 0 Å². The number of carbonyl (C=O) groups is 1. The molecule has 1 heterocycles. The average Bonchev–Trinajstić information content (AvgIpc) is 3.06. The lowest BCUT2D eigenvalue weighted by atomic mass is 10.1. The summed E-state index contributed by atoms with van der Waals surface area (Å²) in [6.45, 7) is 3.39. The molecule has 0 radical (unpaired) electrons. The first-order valence-corrected chi connectivity index (χ1v) is 14.6. The van der Waals surface area contributed by atoms with Crippen molar-refractivity contribution in [1.29, 1.82) is 0 Å². The number of halogens is 1. The Balaban J connectivity index is 1.34. The third kappa shape index (κ3) is 11.6. The number of nitrogens with one attached hydrogen (secondary N) is 4. The lowest BCUT2D eigenvalue weighted by molar-refractivity contribution is -0.120. The molecule has 238 valence electrons. The second-order valence-corrected chi connectivity index (χ2v) is 9.81. The number of ether oxygens (including phenoxy) is 3. The van der Waals surface area contributed by atoms with E-state index < -0.39 is 0 Å². The monoisotopic (exact) mass is 618 g/mol. The number of benzene rings is 3. The highest BCUT2D eigenvalue weighted by Gasteiger charge is 2.10. The molecule has 0 aliphatic carbocycles. The lowest BCUT2D eigenvalue weighted by Crippen LogP contribution is -2.29. The fraction of sp³-hybridized carbons (Fsp3) is 0.312. The van der Waals surface area contributed by atoms with Crippen LogP contribution in [0.3, 0.4) is 0 Å². The molecule has 12 nitrogen and oxygen atoms in total. The predicted octanol–water partition coefficient (Wildman–Crippen LogP) is 3.64. The number of aromatic nitrogens is 3. The Bertz CT molecular complexity index is 1480. The van der Waals surface area contributed by atoms with Gasteiger partial charge < -0.3 is 41.2 Å². The number of methoxy groups -OCH3 is 1. The van der Waals surface area contributed by atoms with Gasteiger partial charge in [-0.15, -0.1) is 0 Å². The highest BCUT2D eigenvalue weighted by molar-refractivity contribution is 5.78. The van der Waals surface area contributed by atoms with Crippen LogP contribution in [0.25, 0.3) is 0 Å². The van der Waals surface area contributed by atoms with Crippen LogP contribution >= 0.6 is 0 Å². The van der Waals surface area contributed by atoms with Gasteiger partial charge in [-0.25, -0.2) is 4.39 Å². The van der Waals surface area contributed by atoms with Crippen LogP contribution in [0.4, 0.5) is 27.9 Å². The first-order chi connectivity index (χ1) is 22.0. The van der Waals surface area contributed by atoms with Gasteiger partial charge in [0, 0.05) is 37.4 Å². The van der Waals surface area contributed by atoms with Crippen molar-refractivity contribution in [3.05, 3.63) is 95.3 Å². The first-order valence-electron chi connectivity index (χ1n) is 14.6. The van der Waals surface area contributed by atoms with E-state index in [1.807, 2.05) is 48.5 Å². The van der Waals surface area contributed by atoms with Gasteiger partial charge in [-0.05, 0) is 41.5 Å². The molecule has 45 heavy (non-hydrogen) atoms. The fourth-order valence-corrected chi connectivity index (χ4v) is 4.08. The van der Waals surface area contributed by atoms with Crippen LogP contribution in [-0.2, 0) is 33.8 Å². The Labute approximate surface area is 261 Å². The topological polar surface area (TPSA) is 158 Å². The Kier molecular flexibility index (Phi) is 13.3. The molecule has 0 aliphatic heterocycles. The molecule has 3 aromatic carbocycles. The Morgan fingerprint density at radius 2 is 1.42 bits per heavy atom. The highest BCUT2D eigenvalue weighted by Crippen LogP contribution is 2.19. The number of hydrogen-bond acceptors (Lipinski definition) is 11. The van der Waals surface area contributed by atoms with E-state index in [1.54, 1.807) is 25.3 Å². The van der Waals surface area contributed by atoms with E-state index >= 15 is 0 Å². The second-order valence-electron chi connectivity index (χ2n) is 9.81. The van der Waals surface area contributed by atoms with Gasteiger partial charge in [0.05, 0.1) is 40.0 Å². The average molecular weight is 619 g/mol. The summed E-state index contributed by atoms with van der Waals surface area (Å²) in [6.07, 6.45) is 0.231. The molecule has 4 aromatic rings. The summed E-state index contributed by atoms with van der Waals surface area (Å²) in [4.78, 5) is 25.8. The van der Waals surface area contributed by atoms with Crippen LogP contribution in [0.15, 0.2) is 72.8 Å². The number of nitrogens with two attached hydrogens (primary N) is 1. The number of nitrogens with zero attached hydrogens (tertiary/aromatic N) is 3. The number of carbonyl (C=O) groups excluding carboxylic acids is 1. The van der Waals surface area contributed by atoms with Crippen LogP contribution in [0.5, 0.6) is 5.75 Å². The molecular weight excluding hydrogens is 579 g/mol. The number of anilines is 4. The molecule has 0 bridgehead atoms. The summed E-state index contributed by atoms with van der Waals surface area (Å²) in [5.41, 5.74) is 8.42. The molecule has 0 fully saturated rings. The van der Waals surface area contributed by atoms with Gasteiger partial charge in [0.2, 0.25) is 23.8 Å². The van der Waals surface area contributed by atoms with E-state index in [2.05, 4.69) is 36.2 Å². The van der Waals surface area contributed by atoms with E-state index in [0.717, 1.165) is 22.6 Å². The molecule has 4 rings (SSSR count). The second kappa shape index (κ2) is 18.1. The Morgan fingerprint density at radius 3 is 2.11 bits per heavy atom. The van der Waals surface area contributed by atoms with E-state index in [9.17, 15) is 9.18 Å². The third-order valence-corrected chi connectivity index (χ3v) is 6.42. The van der Waals surface area contributed by atoms with Gasteiger partial charge in [-0.2, -0.15) is 15.0 Å². The molecule has 13 heteroatoms. The van der Waals surface area contributed by atoms with Crippen molar-refractivity contribution >= 4 is 29.4 Å². The van der Waals surface area contributed by atoms with Crippen LogP contribution < -0.4 is 31.7 Å². The SMILES string of the molecule is COc1ccc(CNc2nc(NCc3ccccc3F)nc(Nc3ccc(CC(=O)NCCOCCOCCN)cc3)n2)cc1. The predicted molar refractivity (Wildman–Crippen MR) is 171 cm³/mol. The maximum Gasteiger partial charge on any atom is 0.233 e. The molecular formula is C32H39FN8O4. The minimum atomic E-state index is -0.318. The highest BCUT2D eigenvalue weighted by atomic mass is 19.1. The van der Waals surface area contributed by atoms with Crippen molar-refractivity contribution in [2.45, 2.75) is 19.5 Å². The van der Waals surface area contributed by atoms with Crippen molar-refractivity contribution < 1.29 is 23.4 Å². The zero-order valence-electron chi connectivity index (χ0n) is 25.2. The van der Waals surface area contributed by atoms with E-state index in [4.69, 9.17) is 19.9 Å². The van der Waals surface area contributed by atoms with Gasteiger partial charge in [0.15, 0.2) is 0 Å². The van der Waals surface area contributed by atoms with Gasteiger partial charge >= 0.3 is 0 Å². The largest absolute Gasteiger partial charge is 0.497 e. The quantitative estimate of drug-likeness (QED) is 0.0978. The normalized spacial score (nSPS) is 10.7. The van der Waals surface area contributed by atoms with Gasteiger partial charge in [0.1, 0.15) is 11.6 Å². The van der Waals surface area contributed by atoms with Crippen LogP contribution in [0.1, 0.15) is 16.7 Å². The molecule has 0 atom stereocenters. The standard InChI is InChI=1S/C32H39FN8O4/c1-43-27-12-8-24(9-13-27)21-36-30-39-31(37-22-25-4-2-3-5-28(25)33)41-32(40-30)38-26-10-6-23(7-11-26)20-29(42)35-15-17-45-19-18-44-16-14-34/h2-13H,14-22,34H2,1H3,(H,35,42)(H3,36,37,38,39,40,41). The lowest BCUT2D eigenvalue weighted by Gasteiger charge is -2.12. The molecule has 1 aromatic heterocycles. The van der Waals surface area contributed by atoms with Crippen molar-refractivity contribution in [2.24, 2.45) is 5.73 Å². The summed E-state index contributed by atoms with van der Waals surface area (Å²) in [5, 5.41) is 12.3. The van der Waals surface area contributed by atoms with Crippen LogP contribution in [-0.4, -0.2) is 67.5 Å². The Hall–Kier alpha value is -4.85. The summed E-state index contributed by atoms with van der Waals surface area (Å²) < 4.78 is 30.1. The number of rotatable bonds is 19. The smallest absolute Gasteiger partial charge is 0.233 e. The van der Waals surface area contributed by atoms with E-state index in [0.29, 0.717) is 57.6 Å². The molecule has 0 saturated heterocycles. The molecule has 6 N–H and O–H groups in total. The molecule has 0 spiro atoms.